The number of alkyl halides is 1. The van der Waals surface area contributed by atoms with Crippen molar-refractivity contribution >= 4 is 22.6 Å². The number of hydrogen-bond donors (Lipinski definition) is 1. The van der Waals surface area contributed by atoms with Gasteiger partial charge in [0.1, 0.15) is 5.60 Å². The van der Waals surface area contributed by atoms with Gasteiger partial charge in [-0.3, -0.25) is 0 Å². The van der Waals surface area contributed by atoms with E-state index in [1.165, 1.54) is 0 Å². The molecule has 2 aliphatic heterocycles. The molecule has 0 amide bonds. The van der Waals surface area contributed by atoms with E-state index in [0.717, 1.165) is 43.0 Å². The van der Waals surface area contributed by atoms with E-state index in [0.29, 0.717) is 6.42 Å². The van der Waals surface area contributed by atoms with Crippen molar-refractivity contribution in [2.24, 2.45) is 0 Å². The number of fused-ring (bicyclic) bond motifs is 1. The number of nitriles is 1. The second kappa shape index (κ2) is 7.21. The lowest BCUT2D eigenvalue weighted by molar-refractivity contribution is -0.153. The van der Waals surface area contributed by atoms with E-state index in [-0.39, 0.29) is 30.5 Å². The van der Waals surface area contributed by atoms with E-state index in [1.54, 1.807) is 0 Å². The fourth-order valence-corrected chi connectivity index (χ4v) is 4.18. The number of nitrogens with zero attached hydrogens (tertiary/aromatic N) is 1. The van der Waals surface area contributed by atoms with Crippen LogP contribution in [0.25, 0.3) is 0 Å². The SMILES string of the molecule is N#CCCC1CC[C@@H]2OC(CCCO)C[C@]2(CI)O1. The Bertz CT molecular complexity index is 333. The highest BCUT2D eigenvalue weighted by Gasteiger charge is 2.51. The quantitative estimate of drug-likeness (QED) is 0.569. The largest absolute Gasteiger partial charge is 0.396 e. The van der Waals surface area contributed by atoms with E-state index in [1.807, 2.05) is 0 Å². The van der Waals surface area contributed by atoms with Gasteiger partial charge in [0.2, 0.25) is 0 Å². The van der Waals surface area contributed by atoms with Crippen molar-refractivity contribution in [3.8, 4) is 6.07 Å². The minimum atomic E-state index is -0.154. The van der Waals surface area contributed by atoms with Crippen LogP contribution in [0.2, 0.25) is 0 Å². The van der Waals surface area contributed by atoms with Crippen molar-refractivity contribution < 1.29 is 14.6 Å². The molecule has 108 valence electrons. The Balaban J connectivity index is 1.95. The highest BCUT2D eigenvalue weighted by molar-refractivity contribution is 14.1. The fourth-order valence-electron chi connectivity index (χ4n) is 3.19. The van der Waals surface area contributed by atoms with Crippen LogP contribution in [0.1, 0.15) is 44.9 Å². The summed E-state index contributed by atoms with van der Waals surface area (Å²) in [5.41, 5.74) is -0.154. The summed E-state index contributed by atoms with van der Waals surface area (Å²) in [7, 11) is 0. The van der Waals surface area contributed by atoms with Crippen LogP contribution in [0.5, 0.6) is 0 Å². The molecule has 4 nitrogen and oxygen atoms in total. The average molecular weight is 379 g/mol. The number of rotatable bonds is 6. The van der Waals surface area contributed by atoms with Gasteiger partial charge in [-0.1, -0.05) is 22.6 Å². The molecule has 0 aromatic rings. The highest BCUT2D eigenvalue weighted by atomic mass is 127. The maximum Gasteiger partial charge on any atom is 0.106 e. The van der Waals surface area contributed by atoms with Crippen LogP contribution in [-0.4, -0.2) is 40.1 Å². The van der Waals surface area contributed by atoms with Crippen molar-refractivity contribution in [2.45, 2.75) is 68.9 Å². The zero-order chi connectivity index (χ0) is 13.7. The first-order valence-corrected chi connectivity index (χ1v) is 8.63. The monoisotopic (exact) mass is 379 g/mol. The first-order valence-electron chi connectivity index (χ1n) is 7.11. The topological polar surface area (TPSA) is 62.5 Å². The molecular weight excluding hydrogens is 357 g/mol. The summed E-state index contributed by atoms with van der Waals surface area (Å²) in [5.74, 6) is 0. The van der Waals surface area contributed by atoms with Crippen LogP contribution in [-0.2, 0) is 9.47 Å². The predicted octanol–water partition coefficient (Wildman–Crippen LogP) is 2.57. The number of hydrogen-bond acceptors (Lipinski definition) is 4. The van der Waals surface area contributed by atoms with Gasteiger partial charge in [-0.05, 0) is 32.1 Å². The summed E-state index contributed by atoms with van der Waals surface area (Å²) in [5, 5.41) is 17.6. The van der Waals surface area contributed by atoms with Crippen molar-refractivity contribution in [3.05, 3.63) is 0 Å². The van der Waals surface area contributed by atoms with Gasteiger partial charge in [-0.15, -0.1) is 0 Å². The fraction of sp³-hybridized carbons (Fsp3) is 0.929. The van der Waals surface area contributed by atoms with Crippen LogP contribution < -0.4 is 0 Å². The van der Waals surface area contributed by atoms with Crippen LogP contribution in [0.4, 0.5) is 0 Å². The minimum Gasteiger partial charge on any atom is -0.396 e. The second-order valence-corrected chi connectivity index (χ2v) is 6.29. The van der Waals surface area contributed by atoms with Gasteiger partial charge in [-0.2, -0.15) is 5.26 Å². The molecule has 1 N–H and O–H groups in total. The first-order chi connectivity index (χ1) is 9.24. The molecule has 0 bridgehead atoms. The Morgan fingerprint density at radius 1 is 1.32 bits per heavy atom. The Labute approximate surface area is 128 Å². The van der Waals surface area contributed by atoms with E-state index in [4.69, 9.17) is 19.8 Å². The number of ether oxygens (including phenoxy) is 2. The van der Waals surface area contributed by atoms with Gasteiger partial charge >= 0.3 is 0 Å². The molecule has 4 atom stereocenters. The molecule has 2 aliphatic rings. The molecule has 0 radical (unpaired) electrons. The van der Waals surface area contributed by atoms with Gasteiger partial charge in [0.25, 0.3) is 0 Å². The number of aliphatic hydroxyl groups is 1. The van der Waals surface area contributed by atoms with Gasteiger partial charge in [0.05, 0.1) is 24.4 Å². The molecule has 2 fully saturated rings. The number of halogens is 1. The third-order valence-corrected chi connectivity index (χ3v) is 5.45. The standard InChI is InChI=1S/C14H22INO3/c15-10-14-9-12(4-2-8-17)18-13(14)6-5-11(19-14)3-1-7-16/h11-13,17H,1-6,8-10H2/t11?,12?,13-,14+/m0/s1. The molecule has 0 saturated carbocycles. The van der Waals surface area contributed by atoms with Crippen molar-refractivity contribution in [1.82, 2.24) is 0 Å². The zero-order valence-corrected chi connectivity index (χ0v) is 13.3. The van der Waals surface area contributed by atoms with E-state index >= 15 is 0 Å². The van der Waals surface area contributed by atoms with E-state index < -0.39 is 0 Å². The molecule has 0 aromatic carbocycles. The van der Waals surface area contributed by atoms with Crippen molar-refractivity contribution in [1.29, 1.82) is 5.26 Å². The molecule has 0 aliphatic carbocycles. The van der Waals surface area contributed by atoms with Crippen molar-refractivity contribution in [2.75, 3.05) is 11.0 Å². The Hall–Kier alpha value is 0.1000. The molecule has 19 heavy (non-hydrogen) atoms. The zero-order valence-electron chi connectivity index (χ0n) is 11.2. The van der Waals surface area contributed by atoms with Gasteiger partial charge < -0.3 is 14.6 Å². The van der Waals surface area contributed by atoms with E-state index in [2.05, 4.69) is 28.7 Å². The molecule has 2 rings (SSSR count). The summed E-state index contributed by atoms with van der Waals surface area (Å²) in [6, 6.07) is 2.20. The summed E-state index contributed by atoms with van der Waals surface area (Å²) in [4.78, 5) is 0. The van der Waals surface area contributed by atoms with Crippen LogP contribution >= 0.6 is 22.6 Å². The van der Waals surface area contributed by atoms with Crippen molar-refractivity contribution in [3.63, 3.8) is 0 Å². The lowest BCUT2D eigenvalue weighted by atomic mass is 9.87. The maximum absolute atomic E-state index is 8.93. The molecule has 2 saturated heterocycles. The third kappa shape index (κ3) is 3.60. The summed E-state index contributed by atoms with van der Waals surface area (Å²) < 4.78 is 13.4. The first kappa shape index (κ1) is 15.5. The highest BCUT2D eigenvalue weighted by Crippen LogP contribution is 2.44. The Morgan fingerprint density at radius 3 is 2.84 bits per heavy atom. The molecular formula is C14H22INO3. The summed E-state index contributed by atoms with van der Waals surface area (Å²) >= 11 is 2.39. The van der Waals surface area contributed by atoms with Gasteiger partial charge in [-0.25, -0.2) is 0 Å². The lowest BCUT2D eigenvalue weighted by Crippen LogP contribution is -2.49. The van der Waals surface area contributed by atoms with Crippen LogP contribution in [0.15, 0.2) is 0 Å². The molecule has 5 heteroatoms. The Kier molecular flexibility index (Phi) is 5.87. The normalized spacial score (nSPS) is 37.8. The summed E-state index contributed by atoms with van der Waals surface area (Å²) in [6.45, 7) is 0.230. The number of aliphatic hydroxyl groups excluding tert-OH is 1. The Morgan fingerprint density at radius 2 is 2.16 bits per heavy atom. The van der Waals surface area contributed by atoms with Crippen LogP contribution in [0, 0.1) is 11.3 Å². The van der Waals surface area contributed by atoms with Gasteiger partial charge in [0.15, 0.2) is 0 Å². The average Bonchev–Trinajstić information content (AvgIpc) is 2.81. The third-order valence-electron chi connectivity index (χ3n) is 4.16. The molecule has 2 heterocycles. The molecule has 0 aromatic heterocycles. The van der Waals surface area contributed by atoms with Crippen LogP contribution in [0.3, 0.4) is 0 Å². The minimum absolute atomic E-state index is 0.154. The second-order valence-electron chi connectivity index (χ2n) is 5.53. The maximum atomic E-state index is 8.93. The molecule has 0 spiro atoms. The van der Waals surface area contributed by atoms with E-state index in [9.17, 15) is 0 Å². The predicted molar refractivity (Wildman–Crippen MR) is 80.2 cm³/mol. The summed E-state index contributed by atoms with van der Waals surface area (Å²) in [6.07, 6.45) is 6.73. The molecule has 2 unspecified atom stereocenters. The lowest BCUT2D eigenvalue weighted by Gasteiger charge is -2.41. The smallest absolute Gasteiger partial charge is 0.106 e. The van der Waals surface area contributed by atoms with Gasteiger partial charge in [0, 0.05) is 23.9 Å².